The molecule has 0 aromatic carbocycles. The number of hydrogen-bond acceptors (Lipinski definition) is 3. The topological polar surface area (TPSA) is 35.5 Å². The third kappa shape index (κ3) is 24.4. The Hall–Kier alpha value is -0.570. The lowest BCUT2D eigenvalue weighted by Gasteiger charge is -2.17. The van der Waals surface area contributed by atoms with E-state index in [9.17, 15) is 4.79 Å². The zero-order valence-electron chi connectivity index (χ0n) is 23.0. The molecule has 33 heavy (non-hydrogen) atoms. The minimum absolute atomic E-state index is 0.130. The minimum Gasteiger partial charge on any atom is -0.464 e. The number of carbonyl (C=O) groups excluding carboxylic acids is 1. The minimum atomic E-state index is -0.353. The summed E-state index contributed by atoms with van der Waals surface area (Å²) >= 11 is 0. The number of carbonyl (C=O) groups is 1. The summed E-state index contributed by atoms with van der Waals surface area (Å²) in [6.45, 7) is 7.90. The maximum absolute atomic E-state index is 12.5. The van der Waals surface area contributed by atoms with E-state index in [4.69, 9.17) is 9.47 Å². The Bertz CT molecular complexity index is 383. The Morgan fingerprint density at radius 3 is 1.33 bits per heavy atom. The molecule has 0 N–H and O–H groups in total. The van der Waals surface area contributed by atoms with E-state index < -0.39 is 0 Å². The monoisotopic (exact) mass is 468 g/mol. The number of ether oxygens (including phenoxy) is 2. The van der Waals surface area contributed by atoms with Crippen LogP contribution in [0, 0.1) is 0 Å². The summed E-state index contributed by atoms with van der Waals surface area (Å²) in [6, 6.07) is 0. The summed E-state index contributed by atoms with van der Waals surface area (Å²) in [4.78, 5) is 12.5. The molecule has 0 spiro atoms. The fourth-order valence-electron chi connectivity index (χ4n) is 4.31. The molecule has 1 unspecified atom stereocenters. The highest BCUT2D eigenvalue weighted by Gasteiger charge is 2.20. The zero-order valence-corrected chi connectivity index (χ0v) is 23.0. The van der Waals surface area contributed by atoms with Gasteiger partial charge in [0, 0.05) is 6.61 Å². The van der Waals surface area contributed by atoms with E-state index in [2.05, 4.69) is 20.8 Å². The van der Waals surface area contributed by atoms with Crippen molar-refractivity contribution in [1.29, 1.82) is 0 Å². The van der Waals surface area contributed by atoms with Gasteiger partial charge in [0.25, 0.3) is 0 Å². The summed E-state index contributed by atoms with van der Waals surface area (Å²) in [5, 5.41) is 0. The van der Waals surface area contributed by atoms with Gasteiger partial charge in [-0.1, -0.05) is 149 Å². The molecule has 198 valence electrons. The van der Waals surface area contributed by atoms with Gasteiger partial charge in [0.1, 0.15) is 0 Å². The van der Waals surface area contributed by atoms with Crippen molar-refractivity contribution in [3.05, 3.63) is 0 Å². The van der Waals surface area contributed by atoms with Crippen LogP contribution in [-0.4, -0.2) is 25.3 Å². The first kappa shape index (κ1) is 32.4. The van der Waals surface area contributed by atoms with Crippen molar-refractivity contribution in [1.82, 2.24) is 0 Å². The maximum atomic E-state index is 12.5. The van der Waals surface area contributed by atoms with E-state index in [0.29, 0.717) is 13.2 Å². The molecule has 0 aliphatic carbocycles. The van der Waals surface area contributed by atoms with E-state index in [-0.39, 0.29) is 12.1 Å². The van der Waals surface area contributed by atoms with Gasteiger partial charge in [-0.15, -0.1) is 0 Å². The Labute approximate surface area is 208 Å². The lowest BCUT2D eigenvalue weighted by atomic mass is 10.0. The van der Waals surface area contributed by atoms with E-state index in [1.165, 1.54) is 109 Å². The third-order valence-electron chi connectivity index (χ3n) is 6.64. The summed E-state index contributed by atoms with van der Waals surface area (Å²) in [5.74, 6) is -0.130. The normalized spacial score (nSPS) is 12.2. The summed E-state index contributed by atoms with van der Waals surface area (Å²) in [5.41, 5.74) is 0. The first-order valence-corrected chi connectivity index (χ1v) is 15.0. The van der Waals surface area contributed by atoms with Gasteiger partial charge in [-0.05, 0) is 19.3 Å². The second kappa shape index (κ2) is 27.7. The summed E-state index contributed by atoms with van der Waals surface area (Å²) < 4.78 is 11.4. The molecule has 0 bridgehead atoms. The smallest absolute Gasteiger partial charge is 0.335 e. The molecular formula is C30H60O3. The van der Waals surface area contributed by atoms with Crippen molar-refractivity contribution in [3.63, 3.8) is 0 Å². The average Bonchev–Trinajstić information content (AvgIpc) is 2.82. The van der Waals surface area contributed by atoms with Gasteiger partial charge in [-0.3, -0.25) is 0 Å². The second-order valence-corrected chi connectivity index (χ2v) is 10.0. The highest BCUT2D eigenvalue weighted by Crippen LogP contribution is 2.15. The molecule has 0 radical (unpaired) electrons. The Kier molecular flexibility index (Phi) is 27.2. The van der Waals surface area contributed by atoms with Crippen LogP contribution in [0.25, 0.3) is 0 Å². The molecule has 3 nitrogen and oxygen atoms in total. The van der Waals surface area contributed by atoms with E-state index in [1.807, 2.05) is 0 Å². The van der Waals surface area contributed by atoms with Gasteiger partial charge in [-0.2, -0.15) is 0 Å². The van der Waals surface area contributed by atoms with Crippen LogP contribution in [0.2, 0.25) is 0 Å². The van der Waals surface area contributed by atoms with Gasteiger partial charge in [0.05, 0.1) is 6.61 Å². The predicted octanol–water partition coefficient (Wildman–Crippen LogP) is 9.95. The molecule has 1 atom stereocenters. The standard InChI is InChI=1S/C30H60O3/c1-4-7-10-12-14-15-16-17-18-19-20-21-22-24-26-29(32-27-9-6-3)30(31)33-28-25-23-13-11-8-5-2/h29H,4-28H2,1-3H3. The molecule has 0 fully saturated rings. The second-order valence-electron chi connectivity index (χ2n) is 10.0. The molecule has 3 heteroatoms. The SMILES string of the molecule is CCCCCCCCCCCCCCCCC(OCCCC)C(=O)OCCCCCCCC. The molecule has 0 heterocycles. The molecule has 0 aliphatic rings. The van der Waals surface area contributed by atoms with E-state index >= 15 is 0 Å². The van der Waals surface area contributed by atoms with Gasteiger partial charge in [0.15, 0.2) is 6.10 Å². The number of hydrogen-bond donors (Lipinski definition) is 0. The number of esters is 1. The highest BCUT2D eigenvalue weighted by atomic mass is 16.6. The zero-order chi connectivity index (χ0) is 24.2. The van der Waals surface area contributed by atoms with E-state index in [0.717, 1.165) is 38.5 Å². The first-order chi connectivity index (χ1) is 16.3. The van der Waals surface area contributed by atoms with Crippen LogP contribution in [0.1, 0.15) is 168 Å². The van der Waals surface area contributed by atoms with Crippen LogP contribution in [0.5, 0.6) is 0 Å². The van der Waals surface area contributed by atoms with Gasteiger partial charge >= 0.3 is 5.97 Å². The third-order valence-corrected chi connectivity index (χ3v) is 6.64. The molecule has 0 saturated heterocycles. The Morgan fingerprint density at radius 2 is 0.879 bits per heavy atom. The molecule has 0 saturated carbocycles. The lowest BCUT2D eigenvalue weighted by molar-refractivity contribution is -0.158. The molecular weight excluding hydrogens is 408 g/mol. The molecule has 0 amide bonds. The van der Waals surface area contributed by atoms with Gasteiger partial charge in [-0.25, -0.2) is 4.79 Å². The fourth-order valence-corrected chi connectivity index (χ4v) is 4.31. The number of unbranched alkanes of at least 4 members (excludes halogenated alkanes) is 19. The van der Waals surface area contributed by atoms with Crippen molar-refractivity contribution < 1.29 is 14.3 Å². The van der Waals surface area contributed by atoms with Crippen molar-refractivity contribution in [2.45, 2.75) is 175 Å². The summed E-state index contributed by atoms with van der Waals surface area (Å²) in [7, 11) is 0. The van der Waals surface area contributed by atoms with Crippen LogP contribution in [0.3, 0.4) is 0 Å². The van der Waals surface area contributed by atoms with Gasteiger partial charge < -0.3 is 9.47 Å². The highest BCUT2D eigenvalue weighted by molar-refractivity contribution is 5.74. The molecule has 0 aromatic heterocycles. The van der Waals surface area contributed by atoms with Crippen molar-refractivity contribution in [3.8, 4) is 0 Å². The largest absolute Gasteiger partial charge is 0.464 e. The number of rotatable bonds is 27. The van der Waals surface area contributed by atoms with Crippen LogP contribution < -0.4 is 0 Å². The average molecular weight is 469 g/mol. The van der Waals surface area contributed by atoms with Crippen LogP contribution >= 0.6 is 0 Å². The van der Waals surface area contributed by atoms with Crippen molar-refractivity contribution >= 4 is 5.97 Å². The molecule has 0 aliphatic heterocycles. The molecule has 0 aromatic rings. The van der Waals surface area contributed by atoms with Crippen LogP contribution in [-0.2, 0) is 14.3 Å². The van der Waals surface area contributed by atoms with Crippen LogP contribution in [0.15, 0.2) is 0 Å². The fraction of sp³-hybridized carbons (Fsp3) is 0.967. The van der Waals surface area contributed by atoms with E-state index in [1.54, 1.807) is 0 Å². The van der Waals surface area contributed by atoms with Crippen molar-refractivity contribution in [2.75, 3.05) is 13.2 Å². The summed E-state index contributed by atoms with van der Waals surface area (Å²) in [6.07, 6.45) is 28.8. The quantitative estimate of drug-likeness (QED) is 0.0888. The maximum Gasteiger partial charge on any atom is 0.335 e. The Balaban J connectivity index is 3.72. The van der Waals surface area contributed by atoms with Crippen LogP contribution in [0.4, 0.5) is 0 Å². The molecule has 0 rings (SSSR count). The van der Waals surface area contributed by atoms with Gasteiger partial charge in [0.2, 0.25) is 0 Å². The lowest BCUT2D eigenvalue weighted by Crippen LogP contribution is -2.27. The predicted molar refractivity (Wildman–Crippen MR) is 144 cm³/mol. The van der Waals surface area contributed by atoms with Crippen molar-refractivity contribution in [2.24, 2.45) is 0 Å². The first-order valence-electron chi connectivity index (χ1n) is 15.0. The Morgan fingerprint density at radius 1 is 0.485 bits per heavy atom.